The number of hydrogen-bond donors (Lipinski definition) is 1. The average molecular weight is 364 g/mol. The maximum atomic E-state index is 12.7. The molecule has 2 rings (SSSR count). The molecule has 0 saturated heterocycles. The summed E-state index contributed by atoms with van der Waals surface area (Å²) in [6.07, 6.45) is -3.91. The molecule has 1 unspecified atom stereocenters. The van der Waals surface area contributed by atoms with Crippen molar-refractivity contribution in [3.63, 3.8) is 0 Å². The third kappa shape index (κ3) is 3.96. The molecule has 4 nitrogen and oxygen atoms in total. The van der Waals surface area contributed by atoms with Gasteiger partial charge in [-0.3, -0.25) is 9.80 Å². The monoisotopic (exact) mass is 363 g/mol. The highest BCUT2D eigenvalue weighted by molar-refractivity contribution is 9.10. The molecule has 0 aliphatic carbocycles. The van der Waals surface area contributed by atoms with E-state index in [2.05, 4.69) is 26.3 Å². The third-order valence-electron chi connectivity index (χ3n) is 2.90. The van der Waals surface area contributed by atoms with E-state index in [9.17, 15) is 18.0 Å². The van der Waals surface area contributed by atoms with Crippen molar-refractivity contribution < 1.29 is 18.0 Å². The molecular weight excluding hydrogens is 351 g/mol. The summed E-state index contributed by atoms with van der Waals surface area (Å²) in [5.74, 6) is 0.211. The fourth-order valence-electron chi connectivity index (χ4n) is 1.82. The highest BCUT2D eigenvalue weighted by Gasteiger charge is 2.31. The number of hydrogen-bond acceptors (Lipinski definition) is 3. The van der Waals surface area contributed by atoms with E-state index in [-0.39, 0.29) is 10.7 Å². The number of carbonyl (C=O) groups excluding carboxylic acids is 1. The minimum atomic E-state index is -4.39. The molecule has 0 aromatic heterocycles. The summed E-state index contributed by atoms with van der Waals surface area (Å²) in [5.41, 5.74) is -0.372. The van der Waals surface area contributed by atoms with Gasteiger partial charge in [0.1, 0.15) is 5.84 Å². The van der Waals surface area contributed by atoms with Gasteiger partial charge in [0.25, 0.3) is 0 Å². The molecule has 0 bridgehead atoms. The number of halogens is 4. The van der Waals surface area contributed by atoms with Crippen molar-refractivity contribution in [2.45, 2.75) is 24.3 Å². The predicted molar refractivity (Wildman–Crippen MR) is 77.4 cm³/mol. The first kappa shape index (κ1) is 15.8. The quantitative estimate of drug-likeness (QED) is 0.820. The van der Waals surface area contributed by atoms with E-state index >= 15 is 0 Å². The molecule has 0 saturated carbocycles. The Balaban J connectivity index is 2.14. The molecule has 1 amide bonds. The lowest BCUT2D eigenvalue weighted by Gasteiger charge is -2.15. The Bertz CT molecular complexity index is 572. The predicted octanol–water partition coefficient (Wildman–Crippen LogP) is 3.13. The number of benzene rings is 1. The van der Waals surface area contributed by atoms with Crippen molar-refractivity contribution >= 4 is 33.4 Å². The summed E-state index contributed by atoms with van der Waals surface area (Å²) in [6.45, 7) is 2.10. The summed E-state index contributed by atoms with van der Waals surface area (Å²) >= 11 is 3.13. The smallest absolute Gasteiger partial charge is 0.312 e. The van der Waals surface area contributed by atoms with Crippen molar-refractivity contribution in [3.05, 3.63) is 29.8 Å². The van der Waals surface area contributed by atoms with Crippen LogP contribution in [0.2, 0.25) is 0 Å². The Labute approximate surface area is 128 Å². The second-order valence-electron chi connectivity index (χ2n) is 4.57. The third-order valence-corrected chi connectivity index (χ3v) is 3.32. The van der Waals surface area contributed by atoms with Crippen LogP contribution in [0, 0.1) is 0 Å². The van der Waals surface area contributed by atoms with E-state index in [1.54, 1.807) is 13.0 Å². The number of alkyl halides is 4. The fourth-order valence-corrected chi connectivity index (χ4v) is 1.93. The van der Waals surface area contributed by atoms with Crippen molar-refractivity contribution in [3.8, 4) is 0 Å². The van der Waals surface area contributed by atoms with E-state index in [1.807, 2.05) is 0 Å². The molecule has 1 atom stereocenters. The minimum Gasteiger partial charge on any atom is -0.312 e. The molecule has 0 spiro atoms. The van der Waals surface area contributed by atoms with Crippen LogP contribution in [0.5, 0.6) is 0 Å². The highest BCUT2D eigenvalue weighted by atomic mass is 79.9. The van der Waals surface area contributed by atoms with Crippen LogP contribution < -0.4 is 10.3 Å². The Kier molecular flexibility index (Phi) is 4.55. The molecule has 1 aliphatic heterocycles. The van der Waals surface area contributed by atoms with Crippen molar-refractivity contribution in [2.24, 2.45) is 5.10 Å². The lowest BCUT2D eigenvalue weighted by Crippen LogP contribution is -2.34. The van der Waals surface area contributed by atoms with E-state index in [4.69, 9.17) is 0 Å². The summed E-state index contributed by atoms with van der Waals surface area (Å²) in [7, 11) is 0. The Hall–Kier alpha value is -1.57. The molecule has 0 fully saturated rings. The average Bonchev–Trinajstić information content (AvgIpc) is 2.86. The van der Waals surface area contributed by atoms with Crippen LogP contribution in [0.25, 0.3) is 0 Å². The van der Waals surface area contributed by atoms with Crippen LogP contribution in [-0.4, -0.2) is 23.1 Å². The summed E-state index contributed by atoms with van der Waals surface area (Å²) in [6, 6.07) is 4.95. The van der Waals surface area contributed by atoms with Gasteiger partial charge < -0.3 is 5.32 Å². The minimum absolute atomic E-state index is 0.236. The van der Waals surface area contributed by atoms with Gasteiger partial charge in [-0.1, -0.05) is 22.0 Å². The van der Waals surface area contributed by atoms with Gasteiger partial charge in [0, 0.05) is 13.0 Å². The SMILES string of the molecule is CC(Br)C(=O)NC1=NN(c2cccc(C(F)(F)F)c2)CC1. The normalized spacial score (nSPS) is 16.6. The molecule has 1 aliphatic rings. The molecule has 114 valence electrons. The molecule has 0 radical (unpaired) electrons. The number of carbonyl (C=O) groups is 1. The van der Waals surface area contributed by atoms with E-state index < -0.39 is 11.7 Å². The van der Waals surface area contributed by atoms with E-state index in [1.165, 1.54) is 11.1 Å². The maximum absolute atomic E-state index is 12.7. The van der Waals surface area contributed by atoms with Crippen molar-refractivity contribution in [1.29, 1.82) is 0 Å². The number of anilines is 1. The van der Waals surface area contributed by atoms with Crippen LogP contribution in [0.1, 0.15) is 18.9 Å². The number of amidine groups is 1. The lowest BCUT2D eigenvalue weighted by atomic mass is 10.2. The van der Waals surface area contributed by atoms with Crippen LogP contribution in [0.15, 0.2) is 29.4 Å². The van der Waals surface area contributed by atoms with Crippen LogP contribution in [0.4, 0.5) is 18.9 Å². The van der Waals surface area contributed by atoms with E-state index in [0.29, 0.717) is 24.5 Å². The van der Waals surface area contributed by atoms with Gasteiger partial charge in [-0.15, -0.1) is 0 Å². The van der Waals surface area contributed by atoms with Crippen LogP contribution in [0.3, 0.4) is 0 Å². The molecule has 1 N–H and O–H groups in total. The lowest BCUT2D eigenvalue weighted by molar-refractivity contribution is -0.137. The zero-order valence-corrected chi connectivity index (χ0v) is 12.7. The van der Waals surface area contributed by atoms with Gasteiger partial charge in [0.05, 0.1) is 16.1 Å². The van der Waals surface area contributed by atoms with Crippen LogP contribution >= 0.6 is 15.9 Å². The van der Waals surface area contributed by atoms with Gasteiger partial charge in [0.15, 0.2) is 0 Å². The van der Waals surface area contributed by atoms with Crippen molar-refractivity contribution in [2.75, 3.05) is 11.6 Å². The fraction of sp³-hybridized carbons (Fsp3) is 0.385. The van der Waals surface area contributed by atoms with Gasteiger partial charge in [-0.25, -0.2) is 0 Å². The van der Waals surface area contributed by atoms with Gasteiger partial charge in [-0.05, 0) is 25.1 Å². The van der Waals surface area contributed by atoms with E-state index in [0.717, 1.165) is 12.1 Å². The molecule has 8 heteroatoms. The first-order valence-corrected chi connectivity index (χ1v) is 7.16. The second-order valence-corrected chi connectivity index (χ2v) is 5.95. The number of amides is 1. The standard InChI is InChI=1S/C13H13BrF3N3O/c1-8(14)12(21)18-11-5-6-20(19-11)10-4-2-3-9(7-10)13(15,16)17/h2-4,7-8H,5-6H2,1H3,(H,18,19,21). The summed E-state index contributed by atoms with van der Waals surface area (Å²) in [5, 5.41) is 8.21. The van der Waals surface area contributed by atoms with Gasteiger partial charge in [-0.2, -0.15) is 18.3 Å². The zero-order chi connectivity index (χ0) is 15.6. The largest absolute Gasteiger partial charge is 0.416 e. The van der Waals surface area contributed by atoms with Gasteiger partial charge >= 0.3 is 6.18 Å². The molecule has 1 aromatic carbocycles. The summed E-state index contributed by atoms with van der Waals surface area (Å²) < 4.78 is 38.0. The zero-order valence-electron chi connectivity index (χ0n) is 11.1. The number of hydrazone groups is 1. The van der Waals surface area contributed by atoms with Crippen LogP contribution in [-0.2, 0) is 11.0 Å². The summed E-state index contributed by atoms with van der Waals surface area (Å²) in [4.78, 5) is 11.2. The van der Waals surface area contributed by atoms with Gasteiger partial charge in [0.2, 0.25) is 5.91 Å². The number of nitrogens with one attached hydrogen (secondary N) is 1. The second kappa shape index (κ2) is 6.05. The van der Waals surface area contributed by atoms with Crippen molar-refractivity contribution in [1.82, 2.24) is 5.32 Å². The number of rotatable bonds is 2. The topological polar surface area (TPSA) is 44.7 Å². The highest BCUT2D eigenvalue weighted by Crippen LogP contribution is 2.32. The number of nitrogens with zero attached hydrogens (tertiary/aromatic N) is 2. The first-order valence-electron chi connectivity index (χ1n) is 6.24. The first-order chi connectivity index (χ1) is 9.77. The molecule has 1 aromatic rings. The molecular formula is C13H13BrF3N3O. The Morgan fingerprint density at radius 2 is 2.19 bits per heavy atom. The Morgan fingerprint density at radius 3 is 2.81 bits per heavy atom. The Morgan fingerprint density at radius 1 is 1.48 bits per heavy atom. The maximum Gasteiger partial charge on any atom is 0.416 e. The molecule has 21 heavy (non-hydrogen) atoms. The molecule has 1 heterocycles.